The van der Waals surface area contributed by atoms with E-state index in [4.69, 9.17) is 15.7 Å². The van der Waals surface area contributed by atoms with E-state index in [1.807, 2.05) is 0 Å². The van der Waals surface area contributed by atoms with Gasteiger partial charge in [-0.05, 0) is 18.2 Å². The number of nitriles is 1. The van der Waals surface area contributed by atoms with Crippen LogP contribution < -0.4 is 10.5 Å². The second kappa shape index (κ2) is 4.33. The minimum Gasteiger partial charge on any atom is -0.440 e. The van der Waals surface area contributed by atoms with Gasteiger partial charge in [-0.25, -0.2) is 4.39 Å². The van der Waals surface area contributed by atoms with Crippen molar-refractivity contribution in [1.29, 1.82) is 5.26 Å². The summed E-state index contributed by atoms with van der Waals surface area (Å²) in [5.74, 6) is -1.38. The van der Waals surface area contributed by atoms with Crippen LogP contribution in [0, 0.1) is 27.3 Å². The molecule has 1 aromatic carbocycles. The first-order valence-corrected chi connectivity index (χ1v) is 5.01. The first kappa shape index (κ1) is 11.9. The van der Waals surface area contributed by atoms with E-state index in [0.717, 1.165) is 12.1 Å². The third kappa shape index (κ3) is 1.96. The molecule has 0 aliphatic carbocycles. The second-order valence-electron chi connectivity index (χ2n) is 3.74. The third-order valence-electron chi connectivity index (χ3n) is 2.63. The van der Waals surface area contributed by atoms with Gasteiger partial charge in [0.05, 0.1) is 5.92 Å². The number of nitrogens with two attached hydrogens (primary N) is 1. The zero-order chi connectivity index (χ0) is 13.3. The summed E-state index contributed by atoms with van der Waals surface area (Å²) in [6.45, 7) is -0.538. The monoisotopic (exact) mass is 249 g/mol. The van der Waals surface area contributed by atoms with Gasteiger partial charge in [0.25, 0.3) is 0 Å². The average Bonchev–Trinajstić information content (AvgIpc) is 2.30. The van der Waals surface area contributed by atoms with E-state index >= 15 is 0 Å². The highest BCUT2D eigenvalue weighted by Gasteiger charge is 2.33. The van der Waals surface area contributed by atoms with Crippen molar-refractivity contribution >= 4 is 0 Å². The number of nitrogens with zero attached hydrogens (tertiary/aromatic N) is 2. The fourth-order valence-corrected chi connectivity index (χ4v) is 1.86. The van der Waals surface area contributed by atoms with Crippen molar-refractivity contribution in [2.24, 2.45) is 5.73 Å². The standard InChI is InChI=1S/C11H8FN3O3/c12-6-1-2-10-7(3-6)9(5-15(16)17)8(4-13)11(14)18-10/h1-3,9H,5,14H2. The van der Waals surface area contributed by atoms with Crippen molar-refractivity contribution in [3.05, 3.63) is 51.2 Å². The molecule has 0 aromatic heterocycles. The lowest BCUT2D eigenvalue weighted by Gasteiger charge is -2.23. The maximum atomic E-state index is 13.2. The molecule has 7 heteroatoms. The highest BCUT2D eigenvalue weighted by molar-refractivity contribution is 5.49. The quantitative estimate of drug-likeness (QED) is 0.628. The van der Waals surface area contributed by atoms with Crippen molar-refractivity contribution in [2.75, 3.05) is 6.54 Å². The van der Waals surface area contributed by atoms with Crippen LogP contribution in [0.3, 0.4) is 0 Å². The van der Waals surface area contributed by atoms with Gasteiger partial charge in [-0.1, -0.05) is 0 Å². The van der Waals surface area contributed by atoms with Gasteiger partial charge < -0.3 is 10.5 Å². The van der Waals surface area contributed by atoms with Crippen LogP contribution in [0.25, 0.3) is 0 Å². The van der Waals surface area contributed by atoms with Gasteiger partial charge in [0.2, 0.25) is 12.4 Å². The Morgan fingerprint density at radius 2 is 2.33 bits per heavy atom. The molecule has 0 amide bonds. The largest absolute Gasteiger partial charge is 0.440 e. The van der Waals surface area contributed by atoms with Crippen molar-refractivity contribution in [2.45, 2.75) is 5.92 Å². The Balaban J connectivity index is 2.55. The van der Waals surface area contributed by atoms with Crippen LogP contribution in [0.1, 0.15) is 11.5 Å². The Kier molecular flexibility index (Phi) is 2.85. The molecular weight excluding hydrogens is 241 g/mol. The molecule has 0 spiro atoms. The maximum Gasteiger partial charge on any atom is 0.215 e. The molecule has 1 atom stereocenters. The van der Waals surface area contributed by atoms with Gasteiger partial charge >= 0.3 is 0 Å². The topological polar surface area (TPSA) is 102 Å². The molecule has 18 heavy (non-hydrogen) atoms. The molecule has 1 unspecified atom stereocenters. The van der Waals surface area contributed by atoms with E-state index < -0.39 is 23.2 Å². The van der Waals surface area contributed by atoms with Crippen LogP contribution in [-0.4, -0.2) is 11.5 Å². The van der Waals surface area contributed by atoms with Gasteiger partial charge in [-0.3, -0.25) is 10.1 Å². The molecule has 6 nitrogen and oxygen atoms in total. The van der Waals surface area contributed by atoms with E-state index in [0.29, 0.717) is 0 Å². The zero-order valence-electron chi connectivity index (χ0n) is 9.09. The van der Waals surface area contributed by atoms with Crippen LogP contribution in [0.2, 0.25) is 0 Å². The number of hydrogen-bond donors (Lipinski definition) is 1. The Morgan fingerprint density at radius 3 is 2.94 bits per heavy atom. The summed E-state index contributed by atoms with van der Waals surface area (Å²) in [6, 6.07) is 5.38. The molecule has 1 aromatic rings. The molecule has 0 saturated heterocycles. The van der Waals surface area contributed by atoms with Gasteiger partial charge in [0.1, 0.15) is 23.2 Å². The summed E-state index contributed by atoms with van der Waals surface area (Å²) in [5.41, 5.74) is 5.74. The number of benzene rings is 1. The molecule has 92 valence electrons. The summed E-state index contributed by atoms with van der Waals surface area (Å²) in [7, 11) is 0. The van der Waals surface area contributed by atoms with E-state index in [-0.39, 0.29) is 22.8 Å². The van der Waals surface area contributed by atoms with Crippen LogP contribution in [0.15, 0.2) is 29.7 Å². The van der Waals surface area contributed by atoms with Gasteiger partial charge in [0, 0.05) is 10.5 Å². The molecule has 0 saturated carbocycles. The van der Waals surface area contributed by atoms with E-state index in [1.54, 1.807) is 6.07 Å². The zero-order valence-corrected chi connectivity index (χ0v) is 9.09. The number of hydrogen-bond acceptors (Lipinski definition) is 5. The van der Waals surface area contributed by atoms with Crippen LogP contribution >= 0.6 is 0 Å². The first-order valence-electron chi connectivity index (χ1n) is 5.01. The molecule has 0 bridgehead atoms. The molecule has 1 aliphatic heterocycles. The molecule has 2 N–H and O–H groups in total. The minimum absolute atomic E-state index is 0.0511. The number of nitro groups is 1. The maximum absolute atomic E-state index is 13.2. The Hall–Kier alpha value is -2.62. The highest BCUT2D eigenvalue weighted by Crippen LogP contribution is 2.38. The SMILES string of the molecule is N#CC1=C(N)Oc2ccc(F)cc2C1C[N+](=O)[O-]. The fourth-order valence-electron chi connectivity index (χ4n) is 1.86. The molecular formula is C11H8FN3O3. The number of ether oxygens (including phenoxy) is 1. The second-order valence-corrected chi connectivity index (χ2v) is 3.74. The van der Waals surface area contributed by atoms with Gasteiger partial charge in [-0.2, -0.15) is 5.26 Å². The van der Waals surface area contributed by atoms with E-state index in [2.05, 4.69) is 0 Å². The van der Waals surface area contributed by atoms with Crippen LogP contribution in [0.4, 0.5) is 4.39 Å². The summed E-state index contributed by atoms with van der Waals surface area (Å²) >= 11 is 0. The fraction of sp³-hybridized carbons (Fsp3) is 0.182. The van der Waals surface area contributed by atoms with E-state index in [1.165, 1.54) is 6.07 Å². The number of rotatable bonds is 2. The smallest absolute Gasteiger partial charge is 0.215 e. The Labute approximate surface area is 101 Å². The Morgan fingerprint density at radius 1 is 1.61 bits per heavy atom. The van der Waals surface area contributed by atoms with Crippen molar-refractivity contribution in [3.63, 3.8) is 0 Å². The van der Waals surface area contributed by atoms with Crippen molar-refractivity contribution in [1.82, 2.24) is 0 Å². The Bertz CT molecular complexity index is 592. The lowest BCUT2D eigenvalue weighted by atomic mass is 9.89. The van der Waals surface area contributed by atoms with Gasteiger partial charge in [0.15, 0.2) is 0 Å². The average molecular weight is 249 g/mol. The molecule has 2 rings (SSSR count). The first-order chi connectivity index (χ1) is 8.52. The van der Waals surface area contributed by atoms with Crippen LogP contribution in [-0.2, 0) is 0 Å². The highest BCUT2D eigenvalue weighted by atomic mass is 19.1. The lowest BCUT2D eigenvalue weighted by molar-refractivity contribution is -0.482. The van der Waals surface area contributed by atoms with Crippen LogP contribution in [0.5, 0.6) is 5.75 Å². The molecule has 0 radical (unpaired) electrons. The summed E-state index contributed by atoms with van der Waals surface area (Å²) in [6.07, 6.45) is 0. The third-order valence-corrected chi connectivity index (χ3v) is 2.63. The normalized spacial score (nSPS) is 17.7. The van der Waals surface area contributed by atoms with Crippen molar-refractivity contribution < 1.29 is 14.1 Å². The van der Waals surface area contributed by atoms with Crippen molar-refractivity contribution in [3.8, 4) is 11.8 Å². The summed E-state index contributed by atoms with van der Waals surface area (Å²) < 4.78 is 18.3. The lowest BCUT2D eigenvalue weighted by Crippen LogP contribution is -2.24. The van der Waals surface area contributed by atoms with Gasteiger partial charge in [-0.15, -0.1) is 0 Å². The van der Waals surface area contributed by atoms with E-state index in [9.17, 15) is 14.5 Å². The summed E-state index contributed by atoms with van der Waals surface area (Å²) in [5, 5.41) is 19.6. The predicted molar refractivity (Wildman–Crippen MR) is 58.5 cm³/mol. The minimum atomic E-state index is -0.885. The predicted octanol–water partition coefficient (Wildman–Crippen LogP) is 1.27. The number of halogens is 1. The number of fused-ring (bicyclic) bond motifs is 1. The summed E-state index contributed by atoms with van der Waals surface area (Å²) in [4.78, 5) is 10.1. The molecule has 0 fully saturated rings. The molecule has 1 aliphatic rings. The molecule has 1 heterocycles.